The lowest BCUT2D eigenvalue weighted by Gasteiger charge is -2.45. The SMILES string of the molecule is C=CCN1C[C@H]2[C@@H](OCc3ccccc3)CC[C@@H]1CN2Cc1ccc(OC)cc1OC. The van der Waals surface area contributed by atoms with E-state index in [9.17, 15) is 0 Å². The average Bonchev–Trinajstić information content (AvgIpc) is 3.08. The molecule has 3 saturated heterocycles. The van der Waals surface area contributed by atoms with Crippen LogP contribution < -0.4 is 9.47 Å². The normalized spacial score (nSPS) is 24.0. The van der Waals surface area contributed by atoms with E-state index < -0.39 is 0 Å². The fraction of sp³-hybridized carbons (Fsp3) is 0.462. The van der Waals surface area contributed by atoms with Crippen molar-refractivity contribution in [3.8, 4) is 11.5 Å². The summed E-state index contributed by atoms with van der Waals surface area (Å²) in [5.41, 5.74) is 2.42. The first-order chi connectivity index (χ1) is 15.2. The molecule has 2 aromatic carbocycles. The molecule has 3 heterocycles. The van der Waals surface area contributed by atoms with Crippen molar-refractivity contribution >= 4 is 0 Å². The summed E-state index contributed by atoms with van der Waals surface area (Å²) in [6, 6.07) is 17.5. The van der Waals surface area contributed by atoms with E-state index in [2.05, 4.69) is 46.7 Å². The van der Waals surface area contributed by atoms with Gasteiger partial charge in [-0.3, -0.25) is 9.80 Å². The van der Waals surface area contributed by atoms with Gasteiger partial charge in [-0.1, -0.05) is 42.5 Å². The molecular formula is C26H34N2O3. The van der Waals surface area contributed by atoms with Gasteiger partial charge >= 0.3 is 0 Å². The van der Waals surface area contributed by atoms with Gasteiger partial charge in [-0.2, -0.15) is 0 Å². The zero-order valence-corrected chi connectivity index (χ0v) is 18.7. The van der Waals surface area contributed by atoms with Gasteiger partial charge in [-0.25, -0.2) is 0 Å². The molecule has 2 bridgehead atoms. The van der Waals surface area contributed by atoms with Crippen molar-refractivity contribution in [1.29, 1.82) is 0 Å². The van der Waals surface area contributed by atoms with Crippen LogP contribution in [-0.2, 0) is 17.9 Å². The van der Waals surface area contributed by atoms with Crippen LogP contribution >= 0.6 is 0 Å². The molecule has 0 saturated carbocycles. The van der Waals surface area contributed by atoms with Crippen LogP contribution in [0.5, 0.6) is 11.5 Å². The second kappa shape index (κ2) is 10.3. The lowest BCUT2D eigenvalue weighted by Crippen LogP contribution is -2.58. The van der Waals surface area contributed by atoms with Gasteiger partial charge in [0.05, 0.1) is 26.9 Å². The molecule has 3 aliphatic rings. The smallest absolute Gasteiger partial charge is 0.127 e. The van der Waals surface area contributed by atoms with Crippen molar-refractivity contribution in [2.24, 2.45) is 0 Å². The van der Waals surface area contributed by atoms with Gasteiger partial charge in [0, 0.05) is 49.9 Å². The minimum atomic E-state index is 0.212. The summed E-state index contributed by atoms with van der Waals surface area (Å²) in [5, 5.41) is 0. The number of hydrogen-bond acceptors (Lipinski definition) is 5. The van der Waals surface area contributed by atoms with Crippen LogP contribution in [0.2, 0.25) is 0 Å². The zero-order valence-electron chi connectivity index (χ0n) is 18.7. The number of hydrogen-bond donors (Lipinski definition) is 0. The Morgan fingerprint density at radius 2 is 1.84 bits per heavy atom. The Morgan fingerprint density at radius 3 is 2.58 bits per heavy atom. The van der Waals surface area contributed by atoms with Gasteiger partial charge in [-0.15, -0.1) is 6.58 Å². The van der Waals surface area contributed by atoms with Crippen molar-refractivity contribution in [1.82, 2.24) is 9.80 Å². The maximum Gasteiger partial charge on any atom is 0.127 e. The van der Waals surface area contributed by atoms with Gasteiger partial charge in [0.15, 0.2) is 0 Å². The van der Waals surface area contributed by atoms with Crippen LogP contribution in [0.1, 0.15) is 24.0 Å². The Hall–Kier alpha value is -2.34. The summed E-state index contributed by atoms with van der Waals surface area (Å²) < 4.78 is 17.6. The van der Waals surface area contributed by atoms with Crippen LogP contribution in [0.3, 0.4) is 0 Å². The third kappa shape index (κ3) is 5.12. The number of fused-ring (bicyclic) bond motifs is 4. The fourth-order valence-electron chi connectivity index (χ4n) is 4.95. The zero-order chi connectivity index (χ0) is 21.6. The Labute approximate surface area is 186 Å². The number of benzene rings is 2. The predicted molar refractivity (Wildman–Crippen MR) is 124 cm³/mol. The first-order valence-corrected chi connectivity index (χ1v) is 11.2. The molecule has 5 heteroatoms. The highest BCUT2D eigenvalue weighted by atomic mass is 16.5. The predicted octanol–water partition coefficient (Wildman–Crippen LogP) is 4.12. The van der Waals surface area contributed by atoms with Crippen molar-refractivity contribution in [3.05, 3.63) is 72.3 Å². The molecule has 0 amide bonds. The summed E-state index contributed by atoms with van der Waals surface area (Å²) in [5.74, 6) is 1.70. The molecule has 3 aliphatic heterocycles. The summed E-state index contributed by atoms with van der Waals surface area (Å²) in [6.07, 6.45) is 4.48. The second-order valence-corrected chi connectivity index (χ2v) is 8.48. The molecular weight excluding hydrogens is 388 g/mol. The van der Waals surface area contributed by atoms with E-state index in [1.165, 1.54) is 11.1 Å². The largest absolute Gasteiger partial charge is 0.497 e. The van der Waals surface area contributed by atoms with Crippen molar-refractivity contribution in [3.63, 3.8) is 0 Å². The Kier molecular flexibility index (Phi) is 7.28. The Bertz CT molecular complexity index is 857. The average molecular weight is 423 g/mol. The molecule has 31 heavy (non-hydrogen) atoms. The van der Waals surface area contributed by atoms with E-state index in [4.69, 9.17) is 14.2 Å². The van der Waals surface area contributed by atoms with Gasteiger partial charge in [0.2, 0.25) is 0 Å². The number of nitrogens with zero attached hydrogens (tertiary/aromatic N) is 2. The third-order valence-corrected chi connectivity index (χ3v) is 6.60. The molecule has 5 rings (SSSR count). The monoisotopic (exact) mass is 422 g/mol. The fourth-order valence-corrected chi connectivity index (χ4v) is 4.95. The van der Waals surface area contributed by atoms with E-state index in [0.29, 0.717) is 18.7 Å². The summed E-state index contributed by atoms with van der Waals surface area (Å²) >= 11 is 0. The van der Waals surface area contributed by atoms with Crippen molar-refractivity contribution < 1.29 is 14.2 Å². The minimum Gasteiger partial charge on any atom is -0.497 e. The molecule has 0 aromatic heterocycles. The van der Waals surface area contributed by atoms with E-state index in [0.717, 1.165) is 50.5 Å². The van der Waals surface area contributed by atoms with Crippen molar-refractivity contribution in [2.45, 2.75) is 44.2 Å². The minimum absolute atomic E-state index is 0.212. The summed E-state index contributed by atoms with van der Waals surface area (Å²) in [6.45, 7) is 8.47. The first-order valence-electron chi connectivity index (χ1n) is 11.2. The highest BCUT2D eigenvalue weighted by Gasteiger charge is 2.41. The van der Waals surface area contributed by atoms with Crippen LogP contribution in [0.25, 0.3) is 0 Å². The van der Waals surface area contributed by atoms with E-state index in [1.54, 1.807) is 14.2 Å². The molecule has 5 nitrogen and oxygen atoms in total. The molecule has 0 unspecified atom stereocenters. The van der Waals surface area contributed by atoms with Gasteiger partial charge in [-0.05, 0) is 24.5 Å². The van der Waals surface area contributed by atoms with Crippen LogP contribution in [0.15, 0.2) is 61.2 Å². The molecule has 3 fully saturated rings. The lowest BCUT2D eigenvalue weighted by atomic mass is 10.0. The molecule has 0 N–H and O–H groups in total. The molecule has 2 aromatic rings. The quantitative estimate of drug-likeness (QED) is 0.568. The number of ether oxygens (including phenoxy) is 3. The van der Waals surface area contributed by atoms with Crippen molar-refractivity contribution in [2.75, 3.05) is 33.9 Å². The second-order valence-electron chi connectivity index (χ2n) is 8.48. The molecule has 0 radical (unpaired) electrons. The number of rotatable bonds is 9. The summed E-state index contributed by atoms with van der Waals surface area (Å²) in [4.78, 5) is 5.17. The number of methoxy groups -OCH3 is 2. The molecule has 3 atom stereocenters. The third-order valence-electron chi connectivity index (χ3n) is 6.60. The molecule has 166 valence electrons. The van der Waals surface area contributed by atoms with Crippen LogP contribution in [-0.4, -0.2) is 61.8 Å². The Morgan fingerprint density at radius 1 is 1.00 bits per heavy atom. The van der Waals surface area contributed by atoms with Crippen LogP contribution in [0.4, 0.5) is 0 Å². The van der Waals surface area contributed by atoms with E-state index in [1.807, 2.05) is 24.3 Å². The van der Waals surface area contributed by atoms with E-state index in [-0.39, 0.29) is 6.10 Å². The van der Waals surface area contributed by atoms with Gasteiger partial charge < -0.3 is 14.2 Å². The maximum absolute atomic E-state index is 6.52. The highest BCUT2D eigenvalue weighted by molar-refractivity contribution is 5.40. The van der Waals surface area contributed by atoms with E-state index >= 15 is 0 Å². The molecule has 0 aliphatic carbocycles. The van der Waals surface area contributed by atoms with Gasteiger partial charge in [0.1, 0.15) is 11.5 Å². The Balaban J connectivity index is 1.53. The lowest BCUT2D eigenvalue weighted by molar-refractivity contribution is -0.0469. The maximum atomic E-state index is 6.52. The summed E-state index contributed by atoms with van der Waals surface area (Å²) in [7, 11) is 3.41. The van der Waals surface area contributed by atoms with Gasteiger partial charge in [0.25, 0.3) is 0 Å². The topological polar surface area (TPSA) is 34.2 Å². The highest BCUT2D eigenvalue weighted by Crippen LogP contribution is 2.33. The van der Waals surface area contributed by atoms with Crippen LogP contribution in [0, 0.1) is 0 Å². The number of piperazine rings is 1. The standard InChI is InChI=1S/C26H34N2O3/c1-4-14-27-18-24-25(31-19-20-8-6-5-7-9-20)13-11-22(27)17-28(24)16-21-10-12-23(29-2)15-26(21)30-3/h4-10,12,15,22,24-25H,1,11,13-14,16-19H2,2-3H3/t22-,24+,25+/m1/s1. The molecule has 0 spiro atoms. The first kappa shape index (κ1) is 21.9.